The molecule has 0 unspecified atom stereocenters. The van der Waals surface area contributed by atoms with E-state index in [0.29, 0.717) is 25.2 Å². The molecule has 0 aliphatic heterocycles. The third kappa shape index (κ3) is 5.39. The van der Waals surface area contributed by atoms with Gasteiger partial charge in [0, 0.05) is 6.42 Å². The largest absolute Gasteiger partial charge is 0.508 e. The number of benzene rings is 1. The molecule has 0 spiro atoms. The number of ether oxygens (including phenoxy) is 2. The summed E-state index contributed by atoms with van der Waals surface area (Å²) in [6, 6.07) is 5.96. The predicted octanol–water partition coefficient (Wildman–Crippen LogP) is 2.88. The van der Waals surface area contributed by atoms with Crippen LogP contribution in [0.25, 0.3) is 0 Å². The Morgan fingerprint density at radius 3 is 2.67 bits per heavy atom. The topological polar surface area (TPSA) is 55.8 Å². The molecule has 1 rings (SSSR count). The number of allylic oxidation sites excluding steroid dienone is 1. The number of aromatic hydroxyl groups is 1. The van der Waals surface area contributed by atoms with Crippen LogP contribution in [0.2, 0.25) is 0 Å². The lowest BCUT2D eigenvalue weighted by Crippen LogP contribution is -2.07. The summed E-state index contributed by atoms with van der Waals surface area (Å²) in [6.07, 6.45) is 5.16. The Hall–Kier alpha value is -1.97. The minimum absolute atomic E-state index is 0.127. The number of phenols is 1. The minimum atomic E-state index is -0.390. The summed E-state index contributed by atoms with van der Waals surface area (Å²) in [5.74, 6) is -0.262. The quantitative estimate of drug-likeness (QED) is 0.459. The average Bonchev–Trinajstić information content (AvgIpc) is 2.38. The molecule has 0 bridgehead atoms. The number of hydrogen-bond donors (Lipinski definition) is 1. The maximum atomic E-state index is 11.5. The monoisotopic (exact) mass is 250 g/mol. The molecule has 0 aromatic heterocycles. The van der Waals surface area contributed by atoms with Gasteiger partial charge in [-0.1, -0.05) is 13.0 Å². The SMILES string of the molecule is CCC=COCCCOC(=O)c1ccc(O)cc1. The summed E-state index contributed by atoms with van der Waals surface area (Å²) >= 11 is 0. The van der Waals surface area contributed by atoms with Gasteiger partial charge in [0.2, 0.25) is 0 Å². The van der Waals surface area contributed by atoms with E-state index in [4.69, 9.17) is 14.6 Å². The highest BCUT2D eigenvalue weighted by Gasteiger charge is 2.05. The third-order valence-corrected chi connectivity index (χ3v) is 2.17. The highest BCUT2D eigenvalue weighted by molar-refractivity contribution is 5.89. The van der Waals surface area contributed by atoms with Crippen LogP contribution in [-0.4, -0.2) is 24.3 Å². The van der Waals surface area contributed by atoms with Gasteiger partial charge in [-0.15, -0.1) is 0 Å². The van der Waals surface area contributed by atoms with E-state index in [9.17, 15) is 4.79 Å². The van der Waals surface area contributed by atoms with E-state index in [2.05, 4.69) is 0 Å². The molecule has 0 saturated heterocycles. The fourth-order valence-corrected chi connectivity index (χ4v) is 1.22. The van der Waals surface area contributed by atoms with E-state index in [-0.39, 0.29) is 11.7 Å². The molecule has 0 fully saturated rings. The average molecular weight is 250 g/mol. The Morgan fingerprint density at radius 2 is 2.00 bits per heavy atom. The molecule has 4 nitrogen and oxygen atoms in total. The summed E-state index contributed by atoms with van der Waals surface area (Å²) in [6.45, 7) is 2.87. The van der Waals surface area contributed by atoms with Crippen LogP contribution in [0.5, 0.6) is 5.75 Å². The molecule has 1 N–H and O–H groups in total. The molecular formula is C14H18O4. The first-order valence-electron chi connectivity index (χ1n) is 5.96. The van der Waals surface area contributed by atoms with Crippen LogP contribution in [0.15, 0.2) is 36.6 Å². The van der Waals surface area contributed by atoms with Gasteiger partial charge in [0.25, 0.3) is 0 Å². The molecule has 1 aromatic carbocycles. The number of rotatable bonds is 7. The van der Waals surface area contributed by atoms with Crippen molar-refractivity contribution in [1.29, 1.82) is 0 Å². The van der Waals surface area contributed by atoms with Gasteiger partial charge in [0.15, 0.2) is 0 Å². The second kappa shape index (κ2) is 8.17. The Kier molecular flexibility index (Phi) is 6.40. The molecule has 18 heavy (non-hydrogen) atoms. The number of carbonyl (C=O) groups excluding carboxylic acids is 1. The van der Waals surface area contributed by atoms with Crippen LogP contribution in [0, 0.1) is 0 Å². The maximum absolute atomic E-state index is 11.5. The number of esters is 1. The van der Waals surface area contributed by atoms with Gasteiger partial charge in [0.05, 0.1) is 25.0 Å². The van der Waals surface area contributed by atoms with Crippen molar-refractivity contribution in [2.75, 3.05) is 13.2 Å². The van der Waals surface area contributed by atoms with E-state index < -0.39 is 0 Å². The number of phenolic OH excluding ortho intramolecular Hbond substituents is 1. The fraction of sp³-hybridized carbons (Fsp3) is 0.357. The molecule has 0 aliphatic carbocycles. The summed E-state index contributed by atoms with van der Waals surface area (Å²) in [5, 5.41) is 9.08. The molecule has 4 heteroatoms. The van der Waals surface area contributed by atoms with E-state index in [1.54, 1.807) is 6.26 Å². The van der Waals surface area contributed by atoms with Crippen LogP contribution in [0.3, 0.4) is 0 Å². The second-order valence-electron chi connectivity index (χ2n) is 3.69. The van der Waals surface area contributed by atoms with Gasteiger partial charge in [-0.2, -0.15) is 0 Å². The molecule has 98 valence electrons. The van der Waals surface area contributed by atoms with Crippen molar-refractivity contribution in [2.45, 2.75) is 19.8 Å². The van der Waals surface area contributed by atoms with Gasteiger partial charge >= 0.3 is 5.97 Å². The van der Waals surface area contributed by atoms with Crippen molar-refractivity contribution < 1.29 is 19.4 Å². The summed E-state index contributed by atoms with van der Waals surface area (Å²) in [7, 11) is 0. The smallest absolute Gasteiger partial charge is 0.338 e. The van der Waals surface area contributed by atoms with E-state index in [0.717, 1.165) is 6.42 Å². The Balaban J connectivity index is 2.17. The summed E-state index contributed by atoms with van der Waals surface area (Å²) < 4.78 is 10.2. The van der Waals surface area contributed by atoms with Crippen molar-refractivity contribution in [3.8, 4) is 5.75 Å². The molecular weight excluding hydrogens is 232 g/mol. The Morgan fingerprint density at radius 1 is 1.28 bits per heavy atom. The zero-order valence-electron chi connectivity index (χ0n) is 10.5. The first-order valence-corrected chi connectivity index (χ1v) is 5.96. The third-order valence-electron chi connectivity index (χ3n) is 2.17. The van der Waals surface area contributed by atoms with Crippen LogP contribution in [0.1, 0.15) is 30.1 Å². The van der Waals surface area contributed by atoms with Crippen molar-refractivity contribution in [2.24, 2.45) is 0 Å². The van der Waals surface area contributed by atoms with Crippen molar-refractivity contribution in [3.63, 3.8) is 0 Å². The normalized spacial score (nSPS) is 10.5. The fourth-order valence-electron chi connectivity index (χ4n) is 1.22. The van der Waals surface area contributed by atoms with Crippen LogP contribution >= 0.6 is 0 Å². The lowest BCUT2D eigenvalue weighted by Gasteiger charge is -2.04. The van der Waals surface area contributed by atoms with Crippen LogP contribution in [0.4, 0.5) is 0 Å². The van der Waals surface area contributed by atoms with Gasteiger partial charge in [-0.05, 0) is 30.7 Å². The second-order valence-corrected chi connectivity index (χ2v) is 3.69. The molecule has 0 atom stereocenters. The highest BCUT2D eigenvalue weighted by atomic mass is 16.5. The Labute approximate surface area is 107 Å². The lowest BCUT2D eigenvalue weighted by molar-refractivity contribution is 0.0478. The molecule has 0 aliphatic rings. The minimum Gasteiger partial charge on any atom is -0.508 e. The molecule has 0 saturated carbocycles. The standard InChI is InChI=1S/C14H18O4/c1-2-3-9-17-10-4-11-18-14(16)12-5-7-13(15)8-6-12/h3,5-9,15H,2,4,10-11H2,1H3. The summed E-state index contributed by atoms with van der Waals surface area (Å²) in [4.78, 5) is 11.5. The summed E-state index contributed by atoms with van der Waals surface area (Å²) in [5.41, 5.74) is 0.430. The molecule has 0 amide bonds. The lowest BCUT2D eigenvalue weighted by atomic mass is 10.2. The van der Waals surface area contributed by atoms with Crippen LogP contribution in [-0.2, 0) is 9.47 Å². The first kappa shape index (κ1) is 14.1. The zero-order chi connectivity index (χ0) is 13.2. The van der Waals surface area contributed by atoms with Gasteiger partial charge in [-0.3, -0.25) is 0 Å². The van der Waals surface area contributed by atoms with Gasteiger partial charge in [-0.25, -0.2) is 4.79 Å². The number of hydrogen-bond acceptors (Lipinski definition) is 4. The van der Waals surface area contributed by atoms with Gasteiger partial charge in [0.1, 0.15) is 5.75 Å². The predicted molar refractivity (Wildman–Crippen MR) is 68.4 cm³/mol. The van der Waals surface area contributed by atoms with E-state index in [1.807, 2.05) is 13.0 Å². The van der Waals surface area contributed by atoms with E-state index in [1.165, 1.54) is 24.3 Å². The molecule has 0 heterocycles. The zero-order valence-corrected chi connectivity index (χ0v) is 10.5. The van der Waals surface area contributed by atoms with Gasteiger partial charge < -0.3 is 14.6 Å². The van der Waals surface area contributed by atoms with E-state index >= 15 is 0 Å². The van der Waals surface area contributed by atoms with Crippen molar-refractivity contribution in [1.82, 2.24) is 0 Å². The van der Waals surface area contributed by atoms with Crippen LogP contribution < -0.4 is 0 Å². The molecule has 0 radical (unpaired) electrons. The van der Waals surface area contributed by atoms with Crippen molar-refractivity contribution >= 4 is 5.97 Å². The highest BCUT2D eigenvalue weighted by Crippen LogP contribution is 2.10. The molecule has 1 aromatic rings. The van der Waals surface area contributed by atoms with Crippen molar-refractivity contribution in [3.05, 3.63) is 42.2 Å². The maximum Gasteiger partial charge on any atom is 0.338 e. The number of carbonyl (C=O) groups is 1. The Bertz CT molecular complexity index is 381. The first-order chi connectivity index (χ1) is 8.74.